The van der Waals surface area contributed by atoms with Crippen LogP contribution in [-0.4, -0.2) is 47.5 Å². The highest BCUT2D eigenvalue weighted by atomic mass is 16.7. The van der Waals surface area contributed by atoms with Gasteiger partial charge < -0.3 is 0 Å². The maximum absolute atomic E-state index is 10.6. The molecule has 0 N–H and O–H groups in total. The highest BCUT2D eigenvalue weighted by Gasteiger charge is 2.30. The first kappa shape index (κ1) is 8.73. The summed E-state index contributed by atoms with van der Waals surface area (Å²) in [7, 11) is 0. The SMILES string of the molecule is O=C1C[N+](CC[N+]2=NOC(=O)C2)=NO1. The molecule has 2 rings (SSSR count). The Hall–Kier alpha value is -1.86. The summed E-state index contributed by atoms with van der Waals surface area (Å²) in [6, 6.07) is 0. The summed E-state index contributed by atoms with van der Waals surface area (Å²) >= 11 is 0. The summed E-state index contributed by atoms with van der Waals surface area (Å²) < 4.78 is 2.92. The van der Waals surface area contributed by atoms with E-state index in [0.29, 0.717) is 13.1 Å². The molecule has 0 aliphatic carbocycles. The van der Waals surface area contributed by atoms with Crippen molar-refractivity contribution in [2.24, 2.45) is 10.6 Å². The Morgan fingerprint density at radius 3 is 1.71 bits per heavy atom. The monoisotopic (exact) mass is 200 g/mol. The third-order valence-electron chi connectivity index (χ3n) is 1.76. The van der Waals surface area contributed by atoms with Crippen molar-refractivity contribution in [1.29, 1.82) is 0 Å². The molecule has 0 saturated carbocycles. The predicted octanol–water partition coefficient (Wildman–Crippen LogP) is -1.14. The van der Waals surface area contributed by atoms with E-state index in [1.54, 1.807) is 0 Å². The Kier molecular flexibility index (Phi) is 2.17. The zero-order valence-corrected chi connectivity index (χ0v) is 7.25. The van der Waals surface area contributed by atoms with Crippen molar-refractivity contribution in [3.05, 3.63) is 0 Å². The van der Waals surface area contributed by atoms with Crippen LogP contribution in [0.3, 0.4) is 0 Å². The Bertz CT molecular complexity index is 314. The van der Waals surface area contributed by atoms with Gasteiger partial charge in [-0.3, -0.25) is 9.68 Å². The van der Waals surface area contributed by atoms with E-state index in [-0.39, 0.29) is 25.0 Å². The summed E-state index contributed by atoms with van der Waals surface area (Å²) in [5.74, 6) is -0.758. The van der Waals surface area contributed by atoms with Crippen molar-refractivity contribution in [3.63, 3.8) is 0 Å². The van der Waals surface area contributed by atoms with Crippen molar-refractivity contribution < 1.29 is 28.7 Å². The van der Waals surface area contributed by atoms with E-state index in [1.165, 1.54) is 9.39 Å². The first-order valence-electron chi connectivity index (χ1n) is 4.05. The fourth-order valence-corrected chi connectivity index (χ4v) is 1.09. The number of hydrogen-bond donors (Lipinski definition) is 0. The fourth-order valence-electron chi connectivity index (χ4n) is 1.09. The summed E-state index contributed by atoms with van der Waals surface area (Å²) in [4.78, 5) is 30.0. The summed E-state index contributed by atoms with van der Waals surface area (Å²) in [6.45, 7) is 1.21. The van der Waals surface area contributed by atoms with Crippen LogP contribution in [0, 0.1) is 0 Å². The molecule has 74 valence electrons. The highest BCUT2D eigenvalue weighted by molar-refractivity contribution is 5.70. The molecule has 0 spiro atoms. The molecule has 8 nitrogen and oxygen atoms in total. The largest absolute Gasteiger partial charge is 0.407 e. The van der Waals surface area contributed by atoms with Crippen molar-refractivity contribution in [2.75, 3.05) is 26.2 Å². The normalized spacial score (nSPS) is 20.3. The van der Waals surface area contributed by atoms with Gasteiger partial charge in [0.25, 0.3) is 13.1 Å². The van der Waals surface area contributed by atoms with Crippen LogP contribution < -0.4 is 0 Å². The van der Waals surface area contributed by atoms with Crippen molar-refractivity contribution in [1.82, 2.24) is 0 Å². The molecule has 0 aromatic carbocycles. The Morgan fingerprint density at radius 1 is 1.00 bits per heavy atom. The molecule has 2 heterocycles. The standard InChI is InChI=1S/C6H8N4O4/c11-5-3-9(7-13-5)1-2-10-4-6(12)14-8-10/h1-4H2/q+2. The average Bonchev–Trinajstić information content (AvgIpc) is 2.72. The van der Waals surface area contributed by atoms with E-state index in [0.717, 1.165) is 0 Å². The van der Waals surface area contributed by atoms with Crippen LogP contribution in [0.5, 0.6) is 0 Å². The first-order chi connectivity index (χ1) is 6.74. The molecular formula is C6H8N4O4+2. The quantitative estimate of drug-likeness (QED) is 0.539. The zero-order chi connectivity index (χ0) is 9.97. The molecule has 0 aromatic rings. The van der Waals surface area contributed by atoms with Crippen LogP contribution in [0.4, 0.5) is 0 Å². The Morgan fingerprint density at radius 2 is 1.43 bits per heavy atom. The molecule has 0 saturated heterocycles. The van der Waals surface area contributed by atoms with Crippen LogP contribution in [0.15, 0.2) is 10.6 Å². The van der Waals surface area contributed by atoms with Gasteiger partial charge in [-0.1, -0.05) is 9.39 Å². The zero-order valence-electron chi connectivity index (χ0n) is 7.25. The number of hydrogen-bond acceptors (Lipinski definition) is 6. The second kappa shape index (κ2) is 3.48. The first-order valence-corrected chi connectivity index (χ1v) is 4.05. The van der Waals surface area contributed by atoms with Gasteiger partial charge in [-0.15, -0.1) is 0 Å². The maximum atomic E-state index is 10.6. The Balaban J connectivity index is 1.78. The molecule has 0 amide bonds. The molecule has 0 atom stereocenters. The molecule has 0 fully saturated rings. The minimum atomic E-state index is -0.379. The second-order valence-corrected chi connectivity index (χ2v) is 2.87. The van der Waals surface area contributed by atoms with Gasteiger partial charge in [0.2, 0.25) is 13.1 Å². The van der Waals surface area contributed by atoms with Gasteiger partial charge in [-0.25, -0.2) is 9.59 Å². The highest BCUT2D eigenvalue weighted by Crippen LogP contribution is 1.98. The van der Waals surface area contributed by atoms with Gasteiger partial charge in [-0.05, 0) is 0 Å². The van der Waals surface area contributed by atoms with E-state index in [2.05, 4.69) is 20.2 Å². The fraction of sp³-hybridized carbons (Fsp3) is 0.667. The minimum absolute atomic E-state index is 0.142. The van der Waals surface area contributed by atoms with Crippen LogP contribution in [0.1, 0.15) is 0 Å². The summed E-state index contributed by atoms with van der Waals surface area (Å²) in [5.41, 5.74) is 0. The second-order valence-electron chi connectivity index (χ2n) is 2.87. The average molecular weight is 200 g/mol. The topological polar surface area (TPSA) is 83.3 Å². The lowest BCUT2D eigenvalue weighted by Crippen LogP contribution is -2.23. The van der Waals surface area contributed by atoms with Crippen molar-refractivity contribution in [2.45, 2.75) is 0 Å². The number of nitrogens with zero attached hydrogens (tertiary/aromatic N) is 4. The summed E-state index contributed by atoms with van der Waals surface area (Å²) in [5, 5.41) is 6.97. The number of carbonyl (C=O) groups is 2. The van der Waals surface area contributed by atoms with E-state index in [4.69, 9.17) is 0 Å². The third-order valence-corrected chi connectivity index (χ3v) is 1.76. The third kappa shape index (κ3) is 1.90. The maximum Gasteiger partial charge on any atom is 0.407 e. The number of rotatable bonds is 3. The molecule has 2 aliphatic heterocycles. The lowest BCUT2D eigenvalue weighted by atomic mass is 10.5. The van der Waals surface area contributed by atoms with Crippen molar-refractivity contribution >= 4 is 11.9 Å². The Labute approximate surface area is 78.3 Å². The molecule has 8 heteroatoms. The van der Waals surface area contributed by atoms with Gasteiger partial charge in [0, 0.05) is 0 Å². The lowest BCUT2D eigenvalue weighted by Gasteiger charge is -1.85. The van der Waals surface area contributed by atoms with Crippen LogP contribution >= 0.6 is 0 Å². The van der Waals surface area contributed by atoms with Crippen LogP contribution in [-0.2, 0) is 19.3 Å². The smallest absolute Gasteiger partial charge is 0.261 e. The van der Waals surface area contributed by atoms with E-state index in [1.807, 2.05) is 0 Å². The van der Waals surface area contributed by atoms with Gasteiger partial charge >= 0.3 is 11.9 Å². The minimum Gasteiger partial charge on any atom is -0.261 e. The predicted molar refractivity (Wildman–Crippen MR) is 37.0 cm³/mol. The molecule has 0 bridgehead atoms. The lowest BCUT2D eigenvalue weighted by molar-refractivity contribution is -0.652. The van der Waals surface area contributed by atoms with Gasteiger partial charge in [0.1, 0.15) is 0 Å². The molecular weight excluding hydrogens is 192 g/mol. The molecule has 2 aliphatic rings. The van der Waals surface area contributed by atoms with Crippen molar-refractivity contribution in [3.8, 4) is 0 Å². The van der Waals surface area contributed by atoms with Gasteiger partial charge in [-0.2, -0.15) is 0 Å². The van der Waals surface area contributed by atoms with Crippen LogP contribution in [0.2, 0.25) is 0 Å². The summed E-state index contributed by atoms with van der Waals surface area (Å²) in [6.07, 6.45) is 0. The molecule has 0 unspecified atom stereocenters. The van der Waals surface area contributed by atoms with Gasteiger partial charge in [0.15, 0.2) is 10.6 Å². The molecule has 0 aromatic heterocycles. The molecule has 0 radical (unpaired) electrons. The van der Waals surface area contributed by atoms with E-state index >= 15 is 0 Å². The van der Waals surface area contributed by atoms with E-state index < -0.39 is 0 Å². The van der Waals surface area contributed by atoms with Crippen LogP contribution in [0.25, 0.3) is 0 Å². The van der Waals surface area contributed by atoms with Gasteiger partial charge in [0.05, 0.1) is 0 Å². The number of carbonyl (C=O) groups excluding carboxylic acids is 2. The molecule has 14 heavy (non-hydrogen) atoms. The van der Waals surface area contributed by atoms with E-state index in [9.17, 15) is 9.59 Å².